The van der Waals surface area contributed by atoms with E-state index in [1.165, 1.54) is 44.2 Å². The van der Waals surface area contributed by atoms with Crippen molar-refractivity contribution in [2.75, 3.05) is 4.90 Å². The van der Waals surface area contributed by atoms with Crippen molar-refractivity contribution in [2.45, 2.75) is 12.0 Å². The van der Waals surface area contributed by atoms with Crippen molar-refractivity contribution >= 4 is 33.2 Å². The van der Waals surface area contributed by atoms with Crippen LogP contribution in [0.4, 0.5) is 11.4 Å². The first-order chi connectivity index (χ1) is 27.8. The topological polar surface area (TPSA) is 59.7 Å². The second-order valence-electron chi connectivity index (χ2n) is 14.3. The van der Waals surface area contributed by atoms with Gasteiger partial charge < -0.3 is 9.47 Å². The summed E-state index contributed by atoms with van der Waals surface area (Å²) in [6.45, 7) is 0. The molecular formula is C50H34N6. The van der Waals surface area contributed by atoms with E-state index in [1.807, 2.05) is 73.1 Å². The van der Waals surface area contributed by atoms with E-state index in [0.717, 1.165) is 28.1 Å². The summed E-state index contributed by atoms with van der Waals surface area (Å²) >= 11 is 0. The van der Waals surface area contributed by atoms with E-state index >= 15 is 0 Å². The third-order valence-corrected chi connectivity index (χ3v) is 11.0. The lowest BCUT2D eigenvalue weighted by atomic mass is 9.89. The van der Waals surface area contributed by atoms with Crippen LogP contribution in [-0.2, 0) is 0 Å². The SMILES string of the molecule is C1=CC2c3cc(-c4ccc5c(c4)c4ccccc4n5-c4ccccc4)ccc3N(c3cncc(-c4nc(-c5ccccc5)nc(-c5ccccc5)n4)c3)C2C=C1. The molecule has 0 saturated carbocycles. The van der Waals surface area contributed by atoms with Crippen molar-refractivity contribution in [3.05, 3.63) is 200 Å². The van der Waals surface area contributed by atoms with Gasteiger partial charge in [0.05, 0.1) is 29.0 Å². The highest BCUT2D eigenvalue weighted by molar-refractivity contribution is 6.10. The summed E-state index contributed by atoms with van der Waals surface area (Å²) in [7, 11) is 0. The summed E-state index contributed by atoms with van der Waals surface area (Å²) < 4.78 is 2.36. The van der Waals surface area contributed by atoms with Crippen LogP contribution in [0.3, 0.4) is 0 Å². The molecule has 11 rings (SSSR count). The van der Waals surface area contributed by atoms with Gasteiger partial charge in [-0.2, -0.15) is 0 Å². The van der Waals surface area contributed by atoms with Gasteiger partial charge in [-0.15, -0.1) is 0 Å². The number of aromatic nitrogens is 5. The maximum Gasteiger partial charge on any atom is 0.165 e. The molecule has 4 heterocycles. The molecule has 1 aliphatic heterocycles. The molecule has 1 aliphatic carbocycles. The first-order valence-corrected chi connectivity index (χ1v) is 19.0. The zero-order valence-electron chi connectivity index (χ0n) is 30.3. The molecule has 0 amide bonds. The van der Waals surface area contributed by atoms with E-state index < -0.39 is 0 Å². The van der Waals surface area contributed by atoms with Gasteiger partial charge in [0, 0.05) is 51.0 Å². The Balaban J connectivity index is 1.00. The molecule has 2 atom stereocenters. The average Bonchev–Trinajstić information content (AvgIpc) is 3.79. The van der Waals surface area contributed by atoms with E-state index in [0.29, 0.717) is 17.5 Å². The largest absolute Gasteiger partial charge is 0.332 e. The minimum absolute atomic E-state index is 0.103. The molecule has 6 heteroatoms. The molecule has 9 aromatic rings. The van der Waals surface area contributed by atoms with Crippen LogP contribution in [0.1, 0.15) is 11.5 Å². The summed E-state index contributed by atoms with van der Waals surface area (Å²) in [6.07, 6.45) is 12.7. The molecule has 2 unspecified atom stereocenters. The minimum atomic E-state index is 0.103. The lowest BCUT2D eigenvalue weighted by molar-refractivity contribution is 0.744. The van der Waals surface area contributed by atoms with Gasteiger partial charge in [-0.25, -0.2) is 15.0 Å². The fourth-order valence-electron chi connectivity index (χ4n) is 8.45. The molecule has 0 fully saturated rings. The maximum absolute atomic E-state index is 4.99. The lowest BCUT2D eigenvalue weighted by Crippen LogP contribution is -2.28. The molecular weight excluding hydrogens is 685 g/mol. The summed E-state index contributed by atoms with van der Waals surface area (Å²) in [5, 5.41) is 2.49. The molecule has 56 heavy (non-hydrogen) atoms. The van der Waals surface area contributed by atoms with Crippen LogP contribution in [-0.4, -0.2) is 30.5 Å². The van der Waals surface area contributed by atoms with E-state index in [-0.39, 0.29) is 12.0 Å². The molecule has 0 N–H and O–H groups in total. The van der Waals surface area contributed by atoms with Gasteiger partial charge in [-0.1, -0.05) is 133 Å². The fraction of sp³-hybridized carbons (Fsp3) is 0.0400. The van der Waals surface area contributed by atoms with Gasteiger partial charge in [0.1, 0.15) is 0 Å². The Kier molecular flexibility index (Phi) is 7.52. The minimum Gasteiger partial charge on any atom is -0.332 e. The van der Waals surface area contributed by atoms with Crippen molar-refractivity contribution in [3.8, 4) is 51.0 Å². The molecule has 0 radical (unpaired) electrons. The molecule has 2 aliphatic rings. The van der Waals surface area contributed by atoms with E-state index in [4.69, 9.17) is 19.9 Å². The van der Waals surface area contributed by atoms with Crippen LogP contribution in [0.25, 0.3) is 72.8 Å². The van der Waals surface area contributed by atoms with E-state index in [1.54, 1.807) is 0 Å². The number of pyridine rings is 1. The number of rotatable bonds is 6. The van der Waals surface area contributed by atoms with Crippen LogP contribution in [0.15, 0.2) is 194 Å². The number of para-hydroxylation sites is 2. The number of anilines is 2. The second-order valence-corrected chi connectivity index (χ2v) is 14.3. The van der Waals surface area contributed by atoms with Crippen LogP contribution >= 0.6 is 0 Å². The predicted octanol–water partition coefficient (Wildman–Crippen LogP) is 11.8. The van der Waals surface area contributed by atoms with Gasteiger partial charge in [0.25, 0.3) is 0 Å². The Morgan fingerprint density at radius 2 is 1.04 bits per heavy atom. The first kappa shape index (κ1) is 32.0. The lowest BCUT2D eigenvalue weighted by Gasteiger charge is -2.28. The summed E-state index contributed by atoms with van der Waals surface area (Å²) in [4.78, 5) is 22.1. The quantitative estimate of drug-likeness (QED) is 0.171. The van der Waals surface area contributed by atoms with E-state index in [9.17, 15) is 0 Å². The molecule has 264 valence electrons. The number of fused-ring (bicyclic) bond motifs is 6. The van der Waals surface area contributed by atoms with Crippen molar-refractivity contribution < 1.29 is 0 Å². The Morgan fingerprint density at radius 3 is 1.79 bits per heavy atom. The molecule has 6 aromatic carbocycles. The maximum atomic E-state index is 4.99. The van der Waals surface area contributed by atoms with Gasteiger partial charge in [-0.05, 0) is 65.2 Å². The average molecular weight is 719 g/mol. The second kappa shape index (κ2) is 13.1. The highest BCUT2D eigenvalue weighted by Crippen LogP contribution is 2.49. The number of nitrogens with zero attached hydrogens (tertiary/aromatic N) is 6. The molecule has 0 saturated heterocycles. The summed E-state index contributed by atoms with van der Waals surface area (Å²) in [5.74, 6) is 2.03. The normalized spacial score (nSPS) is 15.7. The number of hydrogen-bond donors (Lipinski definition) is 0. The van der Waals surface area contributed by atoms with Gasteiger partial charge in [-0.3, -0.25) is 4.98 Å². The zero-order valence-corrected chi connectivity index (χ0v) is 30.3. The van der Waals surface area contributed by atoms with Gasteiger partial charge >= 0.3 is 0 Å². The van der Waals surface area contributed by atoms with E-state index in [2.05, 4.69) is 131 Å². The standard InChI is InChI=1S/C50H34N6/c1-4-14-33(15-5-1)48-52-49(34-16-6-2-7-17-34)54-50(53-48)37-28-39(32-51-31-37)56-45-23-13-11-21-41(45)43-30-36(25-27-47(43)56)35-24-26-46-42(29-35)40-20-10-12-22-44(40)55(46)38-18-8-3-9-19-38/h1-32,41,45H. The Morgan fingerprint density at radius 1 is 0.429 bits per heavy atom. The number of hydrogen-bond acceptors (Lipinski definition) is 5. The Labute approximate surface area is 324 Å². The highest BCUT2D eigenvalue weighted by Gasteiger charge is 2.38. The van der Waals surface area contributed by atoms with Gasteiger partial charge in [0.2, 0.25) is 0 Å². The van der Waals surface area contributed by atoms with Crippen molar-refractivity contribution in [3.63, 3.8) is 0 Å². The van der Waals surface area contributed by atoms with Crippen LogP contribution in [0.5, 0.6) is 0 Å². The third kappa shape index (κ3) is 5.34. The highest BCUT2D eigenvalue weighted by atomic mass is 15.2. The molecule has 6 nitrogen and oxygen atoms in total. The van der Waals surface area contributed by atoms with Gasteiger partial charge in [0.15, 0.2) is 17.5 Å². The van der Waals surface area contributed by atoms with Crippen molar-refractivity contribution in [2.24, 2.45) is 0 Å². The monoisotopic (exact) mass is 718 g/mol. The molecule has 3 aromatic heterocycles. The predicted molar refractivity (Wildman–Crippen MR) is 227 cm³/mol. The number of benzene rings is 6. The van der Waals surface area contributed by atoms with Crippen molar-refractivity contribution in [1.29, 1.82) is 0 Å². The Bertz CT molecular complexity index is 2930. The number of allylic oxidation sites excluding steroid dienone is 2. The third-order valence-electron chi connectivity index (χ3n) is 11.0. The van der Waals surface area contributed by atoms with Crippen LogP contribution in [0.2, 0.25) is 0 Å². The molecule has 0 spiro atoms. The summed E-state index contributed by atoms with van der Waals surface area (Å²) in [6, 6.07) is 55.5. The zero-order chi connectivity index (χ0) is 37.0. The van der Waals surface area contributed by atoms with Crippen LogP contribution in [0, 0.1) is 0 Å². The smallest absolute Gasteiger partial charge is 0.165 e. The first-order valence-electron chi connectivity index (χ1n) is 19.0. The summed E-state index contributed by atoms with van der Waals surface area (Å²) in [5.41, 5.74) is 12.1. The van der Waals surface area contributed by atoms with Crippen LogP contribution < -0.4 is 4.90 Å². The van der Waals surface area contributed by atoms with Crippen molar-refractivity contribution in [1.82, 2.24) is 24.5 Å². The molecule has 0 bridgehead atoms. The fourth-order valence-corrected chi connectivity index (χ4v) is 8.45. The Hall–Kier alpha value is -7.44.